The lowest BCUT2D eigenvalue weighted by molar-refractivity contribution is 0.129. The average Bonchev–Trinajstić information content (AvgIpc) is 2.46. The number of hydrogen-bond donors (Lipinski definition) is 1. The van der Waals surface area contributed by atoms with Gasteiger partial charge >= 0.3 is 0 Å². The Balaban J connectivity index is 2.62. The van der Waals surface area contributed by atoms with Gasteiger partial charge in [0.05, 0.1) is 6.61 Å². The molecule has 0 aromatic heterocycles. The van der Waals surface area contributed by atoms with E-state index in [0.717, 1.165) is 38.2 Å². The molecule has 4 nitrogen and oxygen atoms in total. The number of methoxy groups -OCH3 is 2. The highest BCUT2D eigenvalue weighted by Gasteiger charge is 2.08. The largest absolute Gasteiger partial charge is 0.385 e. The molecule has 0 unspecified atom stereocenters. The molecule has 1 aromatic rings. The van der Waals surface area contributed by atoms with Crippen LogP contribution in [0.25, 0.3) is 0 Å². The molecule has 0 aliphatic heterocycles. The van der Waals surface area contributed by atoms with Crippen LogP contribution in [0.4, 0.5) is 4.39 Å². The Morgan fingerprint density at radius 2 is 1.90 bits per heavy atom. The monoisotopic (exact) mass is 284 g/mol. The first-order valence-electron chi connectivity index (χ1n) is 6.88. The lowest BCUT2D eigenvalue weighted by atomic mass is 10.1. The zero-order valence-electron chi connectivity index (χ0n) is 12.4. The number of nitrogens with zero attached hydrogens (tertiary/aromatic N) is 1. The number of benzene rings is 1. The van der Waals surface area contributed by atoms with Crippen LogP contribution >= 0.6 is 0 Å². The summed E-state index contributed by atoms with van der Waals surface area (Å²) >= 11 is 0. The smallest absolute Gasteiger partial charge is 0.127 e. The van der Waals surface area contributed by atoms with Gasteiger partial charge in [0, 0.05) is 52.6 Å². The molecule has 0 atom stereocenters. The molecule has 0 saturated heterocycles. The van der Waals surface area contributed by atoms with E-state index in [1.807, 2.05) is 12.1 Å². The molecular weight excluding hydrogens is 259 g/mol. The van der Waals surface area contributed by atoms with Crippen LogP contribution in [0.2, 0.25) is 0 Å². The van der Waals surface area contributed by atoms with Crippen molar-refractivity contribution in [3.8, 4) is 0 Å². The van der Waals surface area contributed by atoms with Crippen LogP contribution in [0.1, 0.15) is 17.5 Å². The van der Waals surface area contributed by atoms with E-state index in [4.69, 9.17) is 15.2 Å². The number of hydrogen-bond acceptors (Lipinski definition) is 4. The maximum Gasteiger partial charge on any atom is 0.127 e. The highest BCUT2D eigenvalue weighted by molar-refractivity contribution is 5.25. The van der Waals surface area contributed by atoms with Gasteiger partial charge in [-0.3, -0.25) is 4.90 Å². The lowest BCUT2D eigenvalue weighted by Crippen LogP contribution is -2.28. The maximum atomic E-state index is 13.4. The van der Waals surface area contributed by atoms with Crippen molar-refractivity contribution in [2.24, 2.45) is 5.73 Å². The van der Waals surface area contributed by atoms with Crippen LogP contribution in [0.5, 0.6) is 0 Å². The number of ether oxygens (including phenoxy) is 2. The van der Waals surface area contributed by atoms with Gasteiger partial charge in [-0.25, -0.2) is 4.39 Å². The fraction of sp³-hybridized carbons (Fsp3) is 0.600. The van der Waals surface area contributed by atoms with Gasteiger partial charge in [0.2, 0.25) is 0 Å². The topological polar surface area (TPSA) is 47.7 Å². The Hall–Kier alpha value is -1.01. The summed E-state index contributed by atoms with van der Waals surface area (Å²) in [5.74, 6) is -0.237. The van der Waals surface area contributed by atoms with E-state index in [1.165, 1.54) is 6.07 Å². The molecule has 0 aliphatic carbocycles. The molecule has 5 heteroatoms. The highest BCUT2D eigenvalue weighted by atomic mass is 19.1. The summed E-state index contributed by atoms with van der Waals surface area (Å²) in [6, 6.07) is 5.14. The van der Waals surface area contributed by atoms with Crippen molar-refractivity contribution in [3.05, 3.63) is 35.1 Å². The van der Waals surface area contributed by atoms with Crippen molar-refractivity contribution in [1.82, 2.24) is 4.90 Å². The first-order chi connectivity index (χ1) is 9.71. The third-order valence-corrected chi connectivity index (χ3v) is 3.17. The predicted molar refractivity (Wildman–Crippen MR) is 77.9 cm³/mol. The van der Waals surface area contributed by atoms with Crippen molar-refractivity contribution in [2.75, 3.05) is 40.5 Å². The van der Waals surface area contributed by atoms with Gasteiger partial charge in [-0.15, -0.1) is 0 Å². The van der Waals surface area contributed by atoms with Crippen LogP contribution in [-0.2, 0) is 22.6 Å². The van der Waals surface area contributed by atoms with E-state index in [2.05, 4.69) is 4.90 Å². The SMILES string of the molecule is COCCCN(CCOC)Cc1ccc(F)c(CN)c1. The molecule has 20 heavy (non-hydrogen) atoms. The van der Waals surface area contributed by atoms with Crippen molar-refractivity contribution < 1.29 is 13.9 Å². The predicted octanol–water partition coefficient (Wildman–Crippen LogP) is 1.77. The Labute approximate surface area is 120 Å². The quantitative estimate of drug-likeness (QED) is 0.665. The van der Waals surface area contributed by atoms with Gasteiger partial charge in [-0.05, 0) is 18.1 Å². The molecule has 0 amide bonds. The summed E-state index contributed by atoms with van der Waals surface area (Å²) in [6.45, 7) is 4.17. The Morgan fingerprint density at radius 1 is 1.15 bits per heavy atom. The normalized spacial score (nSPS) is 11.2. The van der Waals surface area contributed by atoms with Crippen LogP contribution in [0, 0.1) is 5.82 Å². The van der Waals surface area contributed by atoms with Crippen molar-refractivity contribution in [2.45, 2.75) is 19.5 Å². The third kappa shape index (κ3) is 5.96. The van der Waals surface area contributed by atoms with Crippen LogP contribution in [0.3, 0.4) is 0 Å². The van der Waals surface area contributed by atoms with E-state index in [0.29, 0.717) is 12.2 Å². The summed E-state index contributed by atoms with van der Waals surface area (Å²) in [4.78, 5) is 2.27. The summed E-state index contributed by atoms with van der Waals surface area (Å²) in [5, 5.41) is 0. The van der Waals surface area contributed by atoms with Crippen molar-refractivity contribution in [1.29, 1.82) is 0 Å². The molecule has 114 valence electrons. The van der Waals surface area contributed by atoms with Crippen LogP contribution < -0.4 is 5.73 Å². The number of rotatable bonds is 10. The second kappa shape index (κ2) is 9.83. The molecule has 1 aromatic carbocycles. The number of nitrogens with two attached hydrogens (primary N) is 1. The molecular formula is C15H25FN2O2. The first-order valence-corrected chi connectivity index (χ1v) is 6.88. The second-order valence-corrected chi connectivity index (χ2v) is 4.75. The third-order valence-electron chi connectivity index (χ3n) is 3.17. The van der Waals surface area contributed by atoms with Gasteiger partial charge in [-0.2, -0.15) is 0 Å². The standard InChI is InChI=1S/C15H25FN2O2/c1-19-8-3-6-18(7-9-20-2)12-13-4-5-15(16)14(10-13)11-17/h4-5,10H,3,6-9,11-12,17H2,1-2H3. The summed E-state index contributed by atoms with van der Waals surface area (Å²) < 4.78 is 23.6. The molecule has 0 aliphatic rings. The highest BCUT2D eigenvalue weighted by Crippen LogP contribution is 2.12. The fourth-order valence-electron chi connectivity index (χ4n) is 2.06. The summed E-state index contributed by atoms with van der Waals surface area (Å²) in [5.41, 5.74) is 7.17. The zero-order valence-corrected chi connectivity index (χ0v) is 12.4. The van der Waals surface area contributed by atoms with E-state index in [9.17, 15) is 4.39 Å². The maximum absolute atomic E-state index is 13.4. The molecule has 2 N–H and O–H groups in total. The van der Waals surface area contributed by atoms with E-state index >= 15 is 0 Å². The summed E-state index contributed by atoms with van der Waals surface area (Å²) in [6.07, 6.45) is 0.963. The average molecular weight is 284 g/mol. The van der Waals surface area contributed by atoms with Gasteiger partial charge in [0.15, 0.2) is 0 Å². The summed E-state index contributed by atoms with van der Waals surface area (Å²) in [7, 11) is 3.39. The van der Waals surface area contributed by atoms with Gasteiger partial charge in [0.1, 0.15) is 5.82 Å². The second-order valence-electron chi connectivity index (χ2n) is 4.75. The molecule has 0 bridgehead atoms. The fourth-order valence-corrected chi connectivity index (χ4v) is 2.06. The van der Waals surface area contributed by atoms with Crippen molar-refractivity contribution in [3.63, 3.8) is 0 Å². The van der Waals surface area contributed by atoms with E-state index in [-0.39, 0.29) is 12.4 Å². The first kappa shape index (κ1) is 17.0. The molecule has 0 fully saturated rings. The molecule has 0 spiro atoms. The Kier molecular flexibility index (Phi) is 8.37. The number of halogens is 1. The Morgan fingerprint density at radius 3 is 2.55 bits per heavy atom. The Bertz CT molecular complexity index is 388. The minimum atomic E-state index is -0.237. The van der Waals surface area contributed by atoms with Crippen molar-refractivity contribution >= 4 is 0 Å². The zero-order chi connectivity index (χ0) is 14.8. The lowest BCUT2D eigenvalue weighted by Gasteiger charge is -2.22. The van der Waals surface area contributed by atoms with Gasteiger partial charge < -0.3 is 15.2 Å². The van der Waals surface area contributed by atoms with E-state index < -0.39 is 0 Å². The van der Waals surface area contributed by atoms with Crippen LogP contribution in [0.15, 0.2) is 18.2 Å². The minimum Gasteiger partial charge on any atom is -0.385 e. The molecule has 0 saturated carbocycles. The van der Waals surface area contributed by atoms with Crippen LogP contribution in [-0.4, -0.2) is 45.4 Å². The molecule has 0 radical (unpaired) electrons. The molecule has 1 rings (SSSR count). The van der Waals surface area contributed by atoms with Gasteiger partial charge in [0.25, 0.3) is 0 Å². The van der Waals surface area contributed by atoms with Gasteiger partial charge in [-0.1, -0.05) is 12.1 Å². The van der Waals surface area contributed by atoms with E-state index in [1.54, 1.807) is 14.2 Å². The minimum absolute atomic E-state index is 0.224. The molecule has 0 heterocycles.